The first kappa shape index (κ1) is 23.6. The van der Waals surface area contributed by atoms with Gasteiger partial charge in [0.1, 0.15) is 5.82 Å². The third-order valence-corrected chi connectivity index (χ3v) is 6.98. The molecule has 0 radical (unpaired) electrons. The second-order valence-corrected chi connectivity index (χ2v) is 9.22. The summed E-state index contributed by atoms with van der Waals surface area (Å²) in [7, 11) is 0. The van der Waals surface area contributed by atoms with E-state index in [2.05, 4.69) is 11.7 Å². The standard InChI is InChI=1S/C28H30F4O/c1-2-3-18-4-6-19(7-5-18)8-9-20-10-13-23-21(16-20)11-14-24(27(23)30)22-12-15-26(25(29)17-22)33-28(31)32/h10-19,28H,2-9H2,1H3/t18-,19-. The molecule has 3 aromatic rings. The van der Waals surface area contributed by atoms with Crippen LogP contribution in [0.25, 0.3) is 21.9 Å². The largest absolute Gasteiger partial charge is 0.432 e. The number of ether oxygens (including phenoxy) is 1. The van der Waals surface area contributed by atoms with Gasteiger partial charge in [0, 0.05) is 10.9 Å². The summed E-state index contributed by atoms with van der Waals surface area (Å²) in [5, 5.41) is 1.27. The molecular weight excluding hydrogens is 428 g/mol. The molecule has 0 unspecified atom stereocenters. The van der Waals surface area contributed by atoms with Gasteiger partial charge >= 0.3 is 6.61 Å². The third-order valence-electron chi connectivity index (χ3n) is 6.98. The van der Waals surface area contributed by atoms with Crippen molar-refractivity contribution >= 4 is 10.8 Å². The quantitative estimate of drug-likeness (QED) is 0.306. The molecule has 1 fully saturated rings. The summed E-state index contributed by atoms with van der Waals surface area (Å²) < 4.78 is 58.2. The predicted octanol–water partition coefficient (Wildman–Crippen LogP) is 8.93. The summed E-state index contributed by atoms with van der Waals surface area (Å²) in [5.41, 5.74) is 1.70. The molecule has 0 spiro atoms. The Balaban J connectivity index is 1.46. The van der Waals surface area contributed by atoms with Gasteiger partial charge in [-0.25, -0.2) is 8.78 Å². The summed E-state index contributed by atoms with van der Waals surface area (Å²) in [6, 6.07) is 12.7. The highest BCUT2D eigenvalue weighted by molar-refractivity contribution is 5.88. The topological polar surface area (TPSA) is 9.23 Å². The van der Waals surface area contributed by atoms with Crippen molar-refractivity contribution in [1.82, 2.24) is 0 Å². The molecule has 4 rings (SSSR count). The highest BCUT2D eigenvalue weighted by Gasteiger charge is 2.20. The summed E-state index contributed by atoms with van der Waals surface area (Å²) in [6.45, 7) is -0.856. The first-order valence-corrected chi connectivity index (χ1v) is 11.9. The van der Waals surface area contributed by atoms with Crippen LogP contribution in [0.5, 0.6) is 5.75 Å². The number of hydrogen-bond donors (Lipinski definition) is 0. The van der Waals surface area contributed by atoms with Crippen LogP contribution < -0.4 is 4.74 Å². The van der Waals surface area contributed by atoms with E-state index in [1.54, 1.807) is 12.1 Å². The minimum atomic E-state index is -3.12. The van der Waals surface area contributed by atoms with Crippen molar-refractivity contribution in [2.75, 3.05) is 0 Å². The zero-order valence-electron chi connectivity index (χ0n) is 18.9. The average Bonchev–Trinajstić information content (AvgIpc) is 2.80. The van der Waals surface area contributed by atoms with Crippen LogP contribution in [0.3, 0.4) is 0 Å². The molecule has 0 saturated heterocycles. The number of alkyl halides is 2. The molecule has 1 aliphatic rings. The van der Waals surface area contributed by atoms with Gasteiger partial charge in [0.25, 0.3) is 0 Å². The Morgan fingerprint density at radius 2 is 1.61 bits per heavy atom. The van der Waals surface area contributed by atoms with Gasteiger partial charge in [0.05, 0.1) is 0 Å². The van der Waals surface area contributed by atoms with E-state index in [0.717, 1.165) is 42.2 Å². The maximum absolute atomic E-state index is 15.2. The Morgan fingerprint density at radius 1 is 0.879 bits per heavy atom. The van der Waals surface area contributed by atoms with E-state index in [0.29, 0.717) is 5.39 Å². The van der Waals surface area contributed by atoms with Crippen molar-refractivity contribution in [3.05, 3.63) is 65.7 Å². The van der Waals surface area contributed by atoms with Crippen LogP contribution in [0.15, 0.2) is 48.5 Å². The Bertz CT molecular complexity index is 1090. The van der Waals surface area contributed by atoms with Gasteiger partial charge in [-0.3, -0.25) is 0 Å². The second-order valence-electron chi connectivity index (χ2n) is 9.22. The van der Waals surface area contributed by atoms with Crippen molar-refractivity contribution in [3.8, 4) is 16.9 Å². The molecule has 33 heavy (non-hydrogen) atoms. The van der Waals surface area contributed by atoms with E-state index < -0.39 is 24.0 Å². The first-order chi connectivity index (χ1) is 15.9. The van der Waals surface area contributed by atoms with Gasteiger partial charge in [0.15, 0.2) is 11.6 Å². The summed E-state index contributed by atoms with van der Waals surface area (Å²) in [6.07, 6.45) is 10.1. The van der Waals surface area contributed by atoms with E-state index in [4.69, 9.17) is 0 Å². The summed E-state index contributed by atoms with van der Waals surface area (Å²) in [4.78, 5) is 0. The summed E-state index contributed by atoms with van der Waals surface area (Å²) in [5.74, 6) is -0.273. The minimum absolute atomic E-state index is 0.224. The molecular formula is C28H30F4O. The van der Waals surface area contributed by atoms with Gasteiger partial charge in [-0.05, 0) is 53.3 Å². The van der Waals surface area contributed by atoms with Gasteiger partial charge in [0.2, 0.25) is 0 Å². The molecule has 0 bridgehead atoms. The molecule has 0 aliphatic heterocycles. The molecule has 0 aromatic heterocycles. The molecule has 176 valence electrons. The normalized spacial score (nSPS) is 18.7. The zero-order chi connectivity index (χ0) is 23.4. The van der Waals surface area contributed by atoms with E-state index in [1.807, 2.05) is 18.2 Å². The van der Waals surface area contributed by atoms with E-state index in [-0.39, 0.29) is 11.1 Å². The molecule has 0 amide bonds. The van der Waals surface area contributed by atoms with Crippen LogP contribution in [0.1, 0.15) is 57.4 Å². The predicted molar refractivity (Wildman–Crippen MR) is 125 cm³/mol. The lowest BCUT2D eigenvalue weighted by atomic mass is 9.78. The number of halogens is 4. The Morgan fingerprint density at radius 3 is 2.27 bits per heavy atom. The van der Waals surface area contributed by atoms with Crippen LogP contribution >= 0.6 is 0 Å². The Hall–Kier alpha value is -2.56. The minimum Gasteiger partial charge on any atom is -0.432 e. The highest BCUT2D eigenvalue weighted by Crippen LogP contribution is 2.35. The van der Waals surface area contributed by atoms with Crippen molar-refractivity contribution in [2.45, 2.75) is 64.9 Å². The molecule has 1 aliphatic carbocycles. The number of benzene rings is 3. The second kappa shape index (κ2) is 10.6. The molecule has 5 heteroatoms. The number of aryl methyl sites for hydroxylation is 1. The van der Waals surface area contributed by atoms with Crippen LogP contribution in [-0.4, -0.2) is 6.61 Å². The molecule has 0 heterocycles. The van der Waals surface area contributed by atoms with Gasteiger partial charge in [-0.1, -0.05) is 81.8 Å². The fourth-order valence-corrected chi connectivity index (χ4v) is 5.17. The lowest BCUT2D eigenvalue weighted by Gasteiger charge is -2.28. The Kier molecular flexibility index (Phi) is 7.56. The lowest BCUT2D eigenvalue weighted by molar-refractivity contribution is -0.0521. The summed E-state index contributed by atoms with van der Waals surface area (Å²) >= 11 is 0. The van der Waals surface area contributed by atoms with Crippen molar-refractivity contribution < 1.29 is 22.3 Å². The van der Waals surface area contributed by atoms with E-state index in [9.17, 15) is 13.2 Å². The molecule has 0 N–H and O–H groups in total. The zero-order valence-corrected chi connectivity index (χ0v) is 18.9. The molecule has 3 aromatic carbocycles. The lowest BCUT2D eigenvalue weighted by Crippen LogP contribution is -2.15. The van der Waals surface area contributed by atoms with Crippen molar-refractivity contribution in [2.24, 2.45) is 11.8 Å². The SMILES string of the molecule is CCC[C@H]1CC[C@H](CCc2ccc3c(F)c(-c4ccc(OC(F)F)c(F)c4)ccc3c2)CC1. The van der Waals surface area contributed by atoms with Crippen molar-refractivity contribution in [3.63, 3.8) is 0 Å². The van der Waals surface area contributed by atoms with E-state index in [1.165, 1.54) is 50.2 Å². The maximum Gasteiger partial charge on any atom is 0.387 e. The molecule has 1 saturated carbocycles. The fraction of sp³-hybridized carbons (Fsp3) is 0.429. The monoisotopic (exact) mass is 458 g/mol. The van der Waals surface area contributed by atoms with Crippen LogP contribution in [-0.2, 0) is 6.42 Å². The number of fused-ring (bicyclic) bond motifs is 1. The average molecular weight is 459 g/mol. The number of rotatable bonds is 8. The molecule has 1 nitrogen and oxygen atoms in total. The smallest absolute Gasteiger partial charge is 0.387 e. The van der Waals surface area contributed by atoms with E-state index >= 15 is 4.39 Å². The Labute approximate surface area is 192 Å². The van der Waals surface area contributed by atoms with Gasteiger partial charge in [-0.2, -0.15) is 8.78 Å². The van der Waals surface area contributed by atoms with Crippen LogP contribution in [0, 0.1) is 23.5 Å². The highest BCUT2D eigenvalue weighted by atomic mass is 19.3. The van der Waals surface area contributed by atoms with Crippen molar-refractivity contribution in [1.29, 1.82) is 0 Å². The maximum atomic E-state index is 15.2. The van der Waals surface area contributed by atoms with Gasteiger partial charge < -0.3 is 4.74 Å². The fourth-order valence-electron chi connectivity index (χ4n) is 5.17. The number of hydrogen-bond acceptors (Lipinski definition) is 1. The van der Waals surface area contributed by atoms with Crippen LogP contribution in [0.2, 0.25) is 0 Å². The van der Waals surface area contributed by atoms with Gasteiger partial charge in [-0.15, -0.1) is 0 Å². The third kappa shape index (κ3) is 5.69. The molecule has 0 atom stereocenters. The first-order valence-electron chi connectivity index (χ1n) is 11.9. The van der Waals surface area contributed by atoms with Crippen LogP contribution in [0.4, 0.5) is 17.6 Å².